The molecule has 1 N–H and O–H groups in total. The molecule has 0 aliphatic heterocycles. The van der Waals surface area contributed by atoms with E-state index in [0.29, 0.717) is 5.25 Å². The molecule has 0 aliphatic rings. The number of thioether (sulfide) groups is 1. The second kappa shape index (κ2) is 7.31. The third kappa shape index (κ3) is 4.63. The van der Waals surface area contributed by atoms with Crippen LogP contribution in [0.4, 0.5) is 5.69 Å². The number of hydrogen-bond donors (Lipinski definition) is 1. The van der Waals surface area contributed by atoms with E-state index >= 15 is 0 Å². The molecule has 5 heteroatoms. The van der Waals surface area contributed by atoms with E-state index in [-0.39, 0.29) is 5.91 Å². The van der Waals surface area contributed by atoms with E-state index in [4.69, 9.17) is 0 Å². The molecule has 0 aliphatic carbocycles. The third-order valence-corrected chi connectivity index (χ3v) is 4.05. The summed E-state index contributed by atoms with van der Waals surface area (Å²) in [6, 6.07) is 7.77. The Morgan fingerprint density at radius 3 is 2.67 bits per heavy atom. The van der Waals surface area contributed by atoms with Gasteiger partial charge in [-0.15, -0.1) is 0 Å². The van der Waals surface area contributed by atoms with Crippen LogP contribution < -0.4 is 5.32 Å². The molecule has 0 unspecified atom stereocenters. The fourth-order valence-electron chi connectivity index (χ4n) is 2.04. The second-order valence-electron chi connectivity index (χ2n) is 5.12. The Morgan fingerprint density at radius 2 is 2.05 bits per heavy atom. The Balaban J connectivity index is 2.08. The molecule has 21 heavy (non-hydrogen) atoms. The first-order chi connectivity index (χ1) is 10.1. The van der Waals surface area contributed by atoms with Crippen molar-refractivity contribution in [1.29, 1.82) is 0 Å². The average Bonchev–Trinajstić information content (AvgIpc) is 2.87. The first-order valence-corrected chi connectivity index (χ1v) is 8.12. The van der Waals surface area contributed by atoms with Gasteiger partial charge in [0.15, 0.2) is 0 Å². The zero-order valence-electron chi connectivity index (χ0n) is 12.7. The standard InChI is InChI=1S/C16H21N3OS/c1-12(2)21-11-10-19-9-8-17-16(19)14-4-6-15(7-5-14)18-13(3)20/h4-9,12H,10-11H2,1-3H3,(H,18,20). The van der Waals surface area contributed by atoms with Gasteiger partial charge in [0, 0.05) is 42.9 Å². The Bertz CT molecular complexity index is 590. The molecule has 0 saturated carbocycles. The summed E-state index contributed by atoms with van der Waals surface area (Å²) in [5.41, 5.74) is 1.86. The van der Waals surface area contributed by atoms with E-state index in [2.05, 4.69) is 28.7 Å². The van der Waals surface area contributed by atoms with Crippen LogP contribution >= 0.6 is 11.8 Å². The number of aryl methyl sites for hydroxylation is 1. The van der Waals surface area contributed by atoms with Gasteiger partial charge in [-0.3, -0.25) is 4.79 Å². The van der Waals surface area contributed by atoms with Crippen LogP contribution in [0.25, 0.3) is 11.4 Å². The van der Waals surface area contributed by atoms with E-state index in [9.17, 15) is 4.79 Å². The molecule has 4 nitrogen and oxygen atoms in total. The normalized spacial score (nSPS) is 10.9. The lowest BCUT2D eigenvalue weighted by Crippen LogP contribution is -2.06. The monoisotopic (exact) mass is 303 g/mol. The highest BCUT2D eigenvalue weighted by atomic mass is 32.2. The van der Waals surface area contributed by atoms with Gasteiger partial charge in [0.2, 0.25) is 5.91 Å². The number of nitrogens with one attached hydrogen (secondary N) is 1. The quantitative estimate of drug-likeness (QED) is 0.886. The molecule has 1 heterocycles. The fraction of sp³-hybridized carbons (Fsp3) is 0.375. The van der Waals surface area contributed by atoms with Crippen LogP contribution in [0.1, 0.15) is 20.8 Å². The molecule has 0 spiro atoms. The lowest BCUT2D eigenvalue weighted by atomic mass is 10.2. The van der Waals surface area contributed by atoms with E-state index in [0.717, 1.165) is 29.4 Å². The van der Waals surface area contributed by atoms with Gasteiger partial charge in [0.1, 0.15) is 5.82 Å². The van der Waals surface area contributed by atoms with Crippen molar-refractivity contribution < 1.29 is 4.79 Å². The molecule has 112 valence electrons. The van der Waals surface area contributed by atoms with Crippen LogP contribution in [0, 0.1) is 0 Å². The molecule has 1 aromatic heterocycles. The minimum atomic E-state index is -0.0602. The minimum absolute atomic E-state index is 0.0602. The van der Waals surface area contributed by atoms with Gasteiger partial charge in [0.25, 0.3) is 0 Å². The van der Waals surface area contributed by atoms with Crippen LogP contribution in [0.15, 0.2) is 36.7 Å². The van der Waals surface area contributed by atoms with Crippen molar-refractivity contribution in [2.75, 3.05) is 11.1 Å². The maximum absolute atomic E-state index is 11.0. The van der Waals surface area contributed by atoms with Gasteiger partial charge >= 0.3 is 0 Å². The molecule has 2 rings (SSSR count). The zero-order valence-corrected chi connectivity index (χ0v) is 13.5. The molecule has 0 bridgehead atoms. The number of nitrogens with zero attached hydrogens (tertiary/aromatic N) is 2. The number of hydrogen-bond acceptors (Lipinski definition) is 3. The molecule has 1 amide bonds. The van der Waals surface area contributed by atoms with Gasteiger partial charge in [0.05, 0.1) is 0 Å². The summed E-state index contributed by atoms with van der Waals surface area (Å²) in [7, 11) is 0. The summed E-state index contributed by atoms with van der Waals surface area (Å²) in [6.45, 7) is 6.87. The number of carbonyl (C=O) groups is 1. The van der Waals surface area contributed by atoms with Gasteiger partial charge in [-0.25, -0.2) is 4.98 Å². The first-order valence-electron chi connectivity index (χ1n) is 7.07. The van der Waals surface area contributed by atoms with E-state index in [1.54, 1.807) is 0 Å². The number of rotatable bonds is 6. The number of imidazole rings is 1. The second-order valence-corrected chi connectivity index (χ2v) is 6.81. The molecule has 0 saturated heterocycles. The van der Waals surface area contributed by atoms with Crippen molar-refractivity contribution in [3.63, 3.8) is 0 Å². The van der Waals surface area contributed by atoms with Crippen LogP contribution in [0.5, 0.6) is 0 Å². The lowest BCUT2D eigenvalue weighted by molar-refractivity contribution is -0.114. The number of anilines is 1. The van der Waals surface area contributed by atoms with Crippen LogP contribution in [-0.4, -0.2) is 26.5 Å². The lowest BCUT2D eigenvalue weighted by Gasteiger charge is -2.10. The molecular weight excluding hydrogens is 282 g/mol. The predicted octanol–water partition coefficient (Wildman–Crippen LogP) is 3.65. The maximum Gasteiger partial charge on any atom is 0.221 e. The van der Waals surface area contributed by atoms with Crippen molar-refractivity contribution in [1.82, 2.24) is 9.55 Å². The van der Waals surface area contributed by atoms with Crippen molar-refractivity contribution in [2.45, 2.75) is 32.6 Å². The summed E-state index contributed by atoms with van der Waals surface area (Å²) in [6.07, 6.45) is 3.84. The third-order valence-electron chi connectivity index (χ3n) is 2.96. The molecule has 2 aromatic rings. The number of amides is 1. The molecule has 0 fully saturated rings. The summed E-state index contributed by atoms with van der Waals surface area (Å²) >= 11 is 1.95. The van der Waals surface area contributed by atoms with E-state index in [1.165, 1.54) is 6.92 Å². The minimum Gasteiger partial charge on any atom is -0.330 e. The van der Waals surface area contributed by atoms with Gasteiger partial charge in [-0.1, -0.05) is 13.8 Å². The highest BCUT2D eigenvalue weighted by Gasteiger charge is 2.06. The Kier molecular flexibility index (Phi) is 5.44. The SMILES string of the molecule is CC(=O)Nc1ccc(-c2nccn2CCSC(C)C)cc1. The molecule has 0 radical (unpaired) electrons. The van der Waals surface area contributed by atoms with Gasteiger partial charge in [-0.05, 0) is 29.5 Å². The first kappa shape index (κ1) is 15.6. The Morgan fingerprint density at radius 1 is 1.33 bits per heavy atom. The highest BCUT2D eigenvalue weighted by molar-refractivity contribution is 7.99. The van der Waals surface area contributed by atoms with Gasteiger partial charge < -0.3 is 9.88 Å². The van der Waals surface area contributed by atoms with Crippen LogP contribution in [0.2, 0.25) is 0 Å². The smallest absolute Gasteiger partial charge is 0.221 e. The highest BCUT2D eigenvalue weighted by Crippen LogP contribution is 2.21. The van der Waals surface area contributed by atoms with E-state index < -0.39 is 0 Å². The fourth-order valence-corrected chi connectivity index (χ4v) is 2.82. The largest absolute Gasteiger partial charge is 0.330 e. The van der Waals surface area contributed by atoms with Crippen molar-refractivity contribution in [3.8, 4) is 11.4 Å². The Labute approximate surface area is 130 Å². The van der Waals surface area contributed by atoms with Crippen molar-refractivity contribution in [2.24, 2.45) is 0 Å². The molecule has 0 atom stereocenters. The number of aromatic nitrogens is 2. The predicted molar refractivity (Wildman–Crippen MR) is 89.6 cm³/mol. The van der Waals surface area contributed by atoms with Crippen molar-refractivity contribution >= 4 is 23.4 Å². The molecule has 1 aromatic carbocycles. The Hall–Kier alpha value is -1.75. The van der Waals surface area contributed by atoms with Crippen LogP contribution in [-0.2, 0) is 11.3 Å². The summed E-state index contributed by atoms with van der Waals surface area (Å²) < 4.78 is 2.17. The van der Waals surface area contributed by atoms with E-state index in [1.807, 2.05) is 48.4 Å². The topological polar surface area (TPSA) is 46.9 Å². The molecular formula is C16H21N3OS. The summed E-state index contributed by atoms with van der Waals surface area (Å²) in [4.78, 5) is 15.5. The maximum atomic E-state index is 11.0. The summed E-state index contributed by atoms with van der Waals surface area (Å²) in [5.74, 6) is 1.98. The number of benzene rings is 1. The van der Waals surface area contributed by atoms with Crippen LogP contribution in [0.3, 0.4) is 0 Å². The average molecular weight is 303 g/mol. The number of carbonyl (C=O) groups excluding carboxylic acids is 1. The van der Waals surface area contributed by atoms with Gasteiger partial charge in [-0.2, -0.15) is 11.8 Å². The zero-order chi connectivity index (χ0) is 15.2. The van der Waals surface area contributed by atoms with Crippen molar-refractivity contribution in [3.05, 3.63) is 36.7 Å². The summed E-state index contributed by atoms with van der Waals surface area (Å²) in [5, 5.41) is 3.42.